The van der Waals surface area contributed by atoms with Crippen molar-refractivity contribution in [3.63, 3.8) is 0 Å². The Balaban J connectivity index is 1.87. The topological polar surface area (TPSA) is 62.7 Å². The largest absolute Gasteiger partial charge is 0.420 e. The predicted molar refractivity (Wildman–Crippen MR) is 73.7 cm³/mol. The molecule has 2 aromatic carbocycles. The van der Waals surface area contributed by atoms with E-state index < -0.39 is 5.82 Å². The van der Waals surface area contributed by atoms with Crippen molar-refractivity contribution in [2.75, 3.05) is 0 Å². The van der Waals surface area contributed by atoms with Gasteiger partial charge >= 0.3 is 0 Å². The van der Waals surface area contributed by atoms with E-state index in [0.29, 0.717) is 17.9 Å². The minimum Gasteiger partial charge on any atom is -0.420 e. The summed E-state index contributed by atoms with van der Waals surface area (Å²) in [7, 11) is 0. The van der Waals surface area contributed by atoms with Crippen LogP contribution < -0.4 is 0 Å². The van der Waals surface area contributed by atoms with Crippen molar-refractivity contribution in [1.82, 2.24) is 10.2 Å². The van der Waals surface area contributed by atoms with Gasteiger partial charge < -0.3 is 4.42 Å². The number of nitrogens with zero attached hydrogens (tertiary/aromatic N) is 3. The van der Waals surface area contributed by atoms with Gasteiger partial charge in [-0.05, 0) is 23.8 Å². The standard InChI is InChI=1S/C16H10FN3O/c17-14-7-6-12(9-13(14)10-18)16-20-19-15(21-16)8-11-4-2-1-3-5-11/h1-7,9H,8H2. The highest BCUT2D eigenvalue weighted by Gasteiger charge is 2.11. The summed E-state index contributed by atoms with van der Waals surface area (Å²) in [6.45, 7) is 0. The molecule has 3 rings (SSSR count). The van der Waals surface area contributed by atoms with Crippen LogP contribution in [0.2, 0.25) is 0 Å². The third-order valence-electron chi connectivity index (χ3n) is 3.00. The van der Waals surface area contributed by atoms with Crippen molar-refractivity contribution in [2.24, 2.45) is 0 Å². The maximum atomic E-state index is 13.3. The molecular formula is C16H10FN3O. The Labute approximate surface area is 120 Å². The molecule has 21 heavy (non-hydrogen) atoms. The first-order valence-corrected chi connectivity index (χ1v) is 6.32. The highest BCUT2D eigenvalue weighted by molar-refractivity contribution is 5.56. The van der Waals surface area contributed by atoms with E-state index in [0.717, 1.165) is 5.56 Å². The highest BCUT2D eigenvalue weighted by Crippen LogP contribution is 2.21. The van der Waals surface area contributed by atoms with Gasteiger partial charge in [-0.1, -0.05) is 30.3 Å². The maximum absolute atomic E-state index is 13.3. The minimum absolute atomic E-state index is 0.0460. The smallest absolute Gasteiger partial charge is 0.247 e. The zero-order chi connectivity index (χ0) is 14.7. The molecule has 0 saturated carbocycles. The second-order valence-electron chi connectivity index (χ2n) is 4.47. The van der Waals surface area contributed by atoms with E-state index in [4.69, 9.17) is 9.68 Å². The van der Waals surface area contributed by atoms with Crippen molar-refractivity contribution in [3.05, 3.63) is 71.4 Å². The number of hydrogen-bond acceptors (Lipinski definition) is 4. The Morgan fingerprint density at radius 3 is 2.67 bits per heavy atom. The SMILES string of the molecule is N#Cc1cc(-c2nnc(Cc3ccccc3)o2)ccc1F. The second kappa shape index (κ2) is 5.55. The van der Waals surface area contributed by atoms with E-state index >= 15 is 0 Å². The molecule has 0 unspecified atom stereocenters. The Kier molecular flexibility index (Phi) is 3.44. The van der Waals surface area contributed by atoms with Crippen LogP contribution in [-0.4, -0.2) is 10.2 Å². The first-order valence-electron chi connectivity index (χ1n) is 6.32. The Morgan fingerprint density at radius 1 is 1.10 bits per heavy atom. The molecule has 5 heteroatoms. The quantitative estimate of drug-likeness (QED) is 0.737. The van der Waals surface area contributed by atoms with Crippen LogP contribution in [0, 0.1) is 17.1 Å². The van der Waals surface area contributed by atoms with Gasteiger partial charge in [-0.3, -0.25) is 0 Å². The average Bonchev–Trinajstić information content (AvgIpc) is 2.97. The molecule has 0 saturated heterocycles. The molecule has 0 radical (unpaired) electrons. The van der Waals surface area contributed by atoms with Gasteiger partial charge in [0.2, 0.25) is 11.8 Å². The molecule has 1 aromatic heterocycles. The summed E-state index contributed by atoms with van der Waals surface area (Å²) in [5.74, 6) is 0.182. The summed E-state index contributed by atoms with van der Waals surface area (Å²) in [5.41, 5.74) is 1.54. The van der Waals surface area contributed by atoms with Crippen LogP contribution in [0.4, 0.5) is 4.39 Å². The Hall–Kier alpha value is -3.00. The van der Waals surface area contributed by atoms with Gasteiger partial charge in [0, 0.05) is 5.56 Å². The number of rotatable bonds is 3. The molecule has 3 aromatic rings. The van der Waals surface area contributed by atoms with Crippen molar-refractivity contribution in [2.45, 2.75) is 6.42 Å². The summed E-state index contributed by atoms with van der Waals surface area (Å²) < 4.78 is 18.8. The highest BCUT2D eigenvalue weighted by atomic mass is 19.1. The minimum atomic E-state index is -0.565. The lowest BCUT2D eigenvalue weighted by Gasteiger charge is -1.97. The van der Waals surface area contributed by atoms with Gasteiger partial charge in [-0.25, -0.2) is 4.39 Å². The van der Waals surface area contributed by atoms with Gasteiger partial charge in [0.1, 0.15) is 11.9 Å². The van der Waals surface area contributed by atoms with E-state index in [2.05, 4.69) is 10.2 Å². The fraction of sp³-hybridized carbons (Fsp3) is 0.0625. The number of nitriles is 1. The van der Waals surface area contributed by atoms with Crippen molar-refractivity contribution >= 4 is 0 Å². The molecule has 1 heterocycles. The molecule has 0 spiro atoms. The van der Waals surface area contributed by atoms with E-state index in [1.807, 2.05) is 30.3 Å². The fourth-order valence-corrected chi connectivity index (χ4v) is 1.96. The van der Waals surface area contributed by atoms with Crippen LogP contribution in [-0.2, 0) is 6.42 Å². The van der Waals surface area contributed by atoms with Crippen LogP contribution in [0.25, 0.3) is 11.5 Å². The van der Waals surface area contributed by atoms with Crippen LogP contribution in [0.5, 0.6) is 0 Å². The Morgan fingerprint density at radius 2 is 1.90 bits per heavy atom. The number of halogens is 1. The molecule has 0 aliphatic carbocycles. The van der Waals surface area contributed by atoms with Gasteiger partial charge in [-0.2, -0.15) is 5.26 Å². The molecule has 0 aliphatic rings. The zero-order valence-corrected chi connectivity index (χ0v) is 11.0. The lowest BCUT2D eigenvalue weighted by Crippen LogP contribution is -1.87. The molecule has 102 valence electrons. The van der Waals surface area contributed by atoms with E-state index in [1.54, 1.807) is 6.07 Å². The molecule has 0 bridgehead atoms. The lowest BCUT2D eigenvalue weighted by molar-refractivity contribution is 0.518. The molecule has 0 amide bonds. The molecule has 4 nitrogen and oxygen atoms in total. The van der Waals surface area contributed by atoms with Gasteiger partial charge in [0.25, 0.3) is 0 Å². The molecule has 0 atom stereocenters. The first kappa shape index (κ1) is 13.0. The normalized spacial score (nSPS) is 10.3. The molecule has 0 N–H and O–H groups in total. The number of hydrogen-bond donors (Lipinski definition) is 0. The van der Waals surface area contributed by atoms with Crippen LogP contribution in [0.1, 0.15) is 17.0 Å². The summed E-state index contributed by atoms with van der Waals surface area (Å²) in [5, 5.41) is 16.7. The summed E-state index contributed by atoms with van der Waals surface area (Å²) in [6, 6.07) is 15.7. The van der Waals surface area contributed by atoms with Crippen molar-refractivity contribution in [1.29, 1.82) is 5.26 Å². The molecule has 0 fully saturated rings. The summed E-state index contributed by atoms with van der Waals surface area (Å²) in [6.07, 6.45) is 0.528. The molecular weight excluding hydrogens is 269 g/mol. The van der Waals surface area contributed by atoms with E-state index in [1.165, 1.54) is 18.2 Å². The third-order valence-corrected chi connectivity index (χ3v) is 3.00. The summed E-state index contributed by atoms with van der Waals surface area (Å²) in [4.78, 5) is 0. The fourth-order valence-electron chi connectivity index (χ4n) is 1.96. The number of benzene rings is 2. The van der Waals surface area contributed by atoms with Gasteiger partial charge in [0.05, 0.1) is 12.0 Å². The molecule has 0 aliphatic heterocycles. The van der Waals surface area contributed by atoms with Crippen molar-refractivity contribution < 1.29 is 8.81 Å². The van der Waals surface area contributed by atoms with Crippen LogP contribution in [0.15, 0.2) is 52.9 Å². The van der Waals surface area contributed by atoms with E-state index in [-0.39, 0.29) is 11.5 Å². The van der Waals surface area contributed by atoms with Gasteiger partial charge in [-0.15, -0.1) is 10.2 Å². The third kappa shape index (κ3) is 2.79. The predicted octanol–water partition coefficient (Wildman–Crippen LogP) is 3.34. The average molecular weight is 279 g/mol. The zero-order valence-electron chi connectivity index (χ0n) is 11.0. The first-order chi connectivity index (χ1) is 10.3. The Bertz CT molecular complexity index is 806. The van der Waals surface area contributed by atoms with Gasteiger partial charge in [0.15, 0.2) is 0 Å². The van der Waals surface area contributed by atoms with Crippen LogP contribution >= 0.6 is 0 Å². The van der Waals surface area contributed by atoms with E-state index in [9.17, 15) is 4.39 Å². The maximum Gasteiger partial charge on any atom is 0.247 e. The summed E-state index contributed by atoms with van der Waals surface area (Å²) >= 11 is 0. The lowest BCUT2D eigenvalue weighted by atomic mass is 10.1. The monoisotopic (exact) mass is 279 g/mol. The number of aromatic nitrogens is 2. The van der Waals surface area contributed by atoms with Crippen LogP contribution in [0.3, 0.4) is 0 Å². The van der Waals surface area contributed by atoms with Crippen molar-refractivity contribution in [3.8, 4) is 17.5 Å². The second-order valence-corrected chi connectivity index (χ2v) is 4.47.